The Bertz CT molecular complexity index is 303. The summed E-state index contributed by atoms with van der Waals surface area (Å²) in [6.07, 6.45) is 4.00. The summed E-state index contributed by atoms with van der Waals surface area (Å²) >= 11 is 0. The minimum atomic E-state index is -0.337. The molecule has 1 aromatic heterocycles. The second-order valence-electron chi connectivity index (χ2n) is 4.37. The Hall–Kier alpha value is -0.890. The molecule has 1 saturated carbocycles. The normalized spacial score (nSPS) is 20.5. The summed E-state index contributed by atoms with van der Waals surface area (Å²) < 4.78 is 0. The van der Waals surface area contributed by atoms with Crippen LogP contribution in [0.5, 0.6) is 0 Å². The van der Waals surface area contributed by atoms with Crippen molar-refractivity contribution >= 4 is 0 Å². The second kappa shape index (κ2) is 3.70. The minimum absolute atomic E-state index is 0.337. The first-order chi connectivity index (χ1) is 6.68. The van der Waals surface area contributed by atoms with Crippen LogP contribution in [0.15, 0.2) is 18.3 Å². The van der Waals surface area contributed by atoms with Gasteiger partial charge in [-0.1, -0.05) is 13.0 Å². The smallest absolute Gasteiger partial charge is 0.0833 e. The van der Waals surface area contributed by atoms with Gasteiger partial charge in [0.2, 0.25) is 0 Å². The first-order valence-electron chi connectivity index (χ1n) is 5.29. The van der Waals surface area contributed by atoms with E-state index in [1.165, 1.54) is 12.8 Å². The van der Waals surface area contributed by atoms with Crippen LogP contribution in [0.3, 0.4) is 0 Å². The fraction of sp³-hybridized carbons (Fsp3) is 0.583. The van der Waals surface area contributed by atoms with Crippen molar-refractivity contribution in [3.05, 3.63) is 29.6 Å². The number of aromatic nitrogens is 1. The molecule has 2 nitrogen and oxygen atoms in total. The van der Waals surface area contributed by atoms with Gasteiger partial charge in [0, 0.05) is 11.9 Å². The summed E-state index contributed by atoms with van der Waals surface area (Å²) in [5.74, 6) is 1.10. The SMILES string of the molecule is Cc1ccc(C(O)C(C)C2CC2)cn1. The lowest BCUT2D eigenvalue weighted by atomic mass is 9.94. The highest BCUT2D eigenvalue weighted by Crippen LogP contribution is 2.42. The van der Waals surface area contributed by atoms with Crippen LogP contribution in [-0.4, -0.2) is 10.1 Å². The predicted molar refractivity (Wildman–Crippen MR) is 55.8 cm³/mol. The maximum atomic E-state index is 10.1. The molecule has 0 aromatic carbocycles. The van der Waals surface area contributed by atoms with E-state index in [1.54, 1.807) is 6.20 Å². The molecule has 2 rings (SSSR count). The Kier molecular flexibility index (Phi) is 2.55. The molecule has 1 aromatic rings. The van der Waals surface area contributed by atoms with Crippen LogP contribution in [0, 0.1) is 18.8 Å². The first kappa shape index (κ1) is 9.66. The quantitative estimate of drug-likeness (QED) is 0.796. The molecule has 0 amide bonds. The Balaban J connectivity index is 2.09. The third kappa shape index (κ3) is 1.95. The maximum absolute atomic E-state index is 10.1. The van der Waals surface area contributed by atoms with Crippen molar-refractivity contribution in [3.8, 4) is 0 Å². The van der Waals surface area contributed by atoms with Gasteiger partial charge < -0.3 is 5.11 Å². The summed E-state index contributed by atoms with van der Waals surface area (Å²) in [6.45, 7) is 4.09. The highest BCUT2D eigenvalue weighted by atomic mass is 16.3. The largest absolute Gasteiger partial charge is 0.388 e. The highest BCUT2D eigenvalue weighted by Gasteiger charge is 2.33. The molecule has 0 radical (unpaired) electrons. The molecule has 0 saturated heterocycles. The summed E-state index contributed by atoms with van der Waals surface area (Å²) in [6, 6.07) is 3.93. The van der Waals surface area contributed by atoms with Gasteiger partial charge in [-0.3, -0.25) is 4.98 Å². The number of aliphatic hydroxyl groups excluding tert-OH is 1. The monoisotopic (exact) mass is 191 g/mol. The van der Waals surface area contributed by atoms with E-state index in [2.05, 4.69) is 11.9 Å². The van der Waals surface area contributed by atoms with Gasteiger partial charge in [0.1, 0.15) is 0 Å². The summed E-state index contributed by atoms with van der Waals surface area (Å²) in [5, 5.41) is 10.1. The van der Waals surface area contributed by atoms with E-state index < -0.39 is 0 Å². The van der Waals surface area contributed by atoms with Crippen molar-refractivity contribution in [2.75, 3.05) is 0 Å². The van der Waals surface area contributed by atoms with Gasteiger partial charge in [0.25, 0.3) is 0 Å². The molecule has 0 spiro atoms. The van der Waals surface area contributed by atoms with Crippen LogP contribution >= 0.6 is 0 Å². The van der Waals surface area contributed by atoms with Crippen LogP contribution in [-0.2, 0) is 0 Å². The zero-order valence-electron chi connectivity index (χ0n) is 8.77. The molecule has 2 heteroatoms. The number of rotatable bonds is 3. The average Bonchev–Trinajstić information content (AvgIpc) is 3.00. The zero-order chi connectivity index (χ0) is 10.1. The van der Waals surface area contributed by atoms with E-state index >= 15 is 0 Å². The molecule has 14 heavy (non-hydrogen) atoms. The minimum Gasteiger partial charge on any atom is -0.388 e. The van der Waals surface area contributed by atoms with Crippen molar-refractivity contribution in [2.45, 2.75) is 32.8 Å². The molecule has 76 valence electrons. The number of hydrogen-bond acceptors (Lipinski definition) is 2. The van der Waals surface area contributed by atoms with E-state index in [-0.39, 0.29) is 6.10 Å². The second-order valence-corrected chi connectivity index (χ2v) is 4.37. The third-order valence-electron chi connectivity index (χ3n) is 3.14. The average molecular weight is 191 g/mol. The van der Waals surface area contributed by atoms with E-state index in [9.17, 15) is 5.11 Å². The molecule has 1 N–H and O–H groups in total. The van der Waals surface area contributed by atoms with Gasteiger partial charge in [0.05, 0.1) is 6.10 Å². The van der Waals surface area contributed by atoms with E-state index in [0.717, 1.165) is 17.2 Å². The lowest BCUT2D eigenvalue weighted by Crippen LogP contribution is -2.11. The standard InChI is InChI=1S/C12H17NO/c1-8-3-4-11(7-13-8)12(14)9(2)10-5-6-10/h3-4,7,9-10,12,14H,5-6H2,1-2H3. The van der Waals surface area contributed by atoms with Crippen LogP contribution in [0.4, 0.5) is 0 Å². The van der Waals surface area contributed by atoms with E-state index in [0.29, 0.717) is 5.92 Å². The van der Waals surface area contributed by atoms with Gasteiger partial charge in [-0.25, -0.2) is 0 Å². The molecule has 2 unspecified atom stereocenters. The number of aliphatic hydroxyl groups is 1. The Labute approximate surface area is 85.0 Å². The summed E-state index contributed by atoms with van der Waals surface area (Å²) in [5.41, 5.74) is 1.95. The van der Waals surface area contributed by atoms with Gasteiger partial charge >= 0.3 is 0 Å². The van der Waals surface area contributed by atoms with Crippen molar-refractivity contribution < 1.29 is 5.11 Å². The Morgan fingerprint density at radius 3 is 2.64 bits per heavy atom. The zero-order valence-corrected chi connectivity index (χ0v) is 8.77. The number of aryl methyl sites for hydroxylation is 1. The van der Waals surface area contributed by atoms with Crippen molar-refractivity contribution in [3.63, 3.8) is 0 Å². The molecule has 0 bridgehead atoms. The van der Waals surface area contributed by atoms with Gasteiger partial charge in [-0.05, 0) is 43.2 Å². The van der Waals surface area contributed by atoms with Crippen LogP contribution < -0.4 is 0 Å². The van der Waals surface area contributed by atoms with Crippen LogP contribution in [0.25, 0.3) is 0 Å². The fourth-order valence-electron chi connectivity index (χ4n) is 1.84. The van der Waals surface area contributed by atoms with Crippen molar-refractivity contribution in [2.24, 2.45) is 11.8 Å². The lowest BCUT2D eigenvalue weighted by molar-refractivity contribution is 0.105. The topological polar surface area (TPSA) is 33.1 Å². The van der Waals surface area contributed by atoms with Crippen LogP contribution in [0.2, 0.25) is 0 Å². The number of pyridine rings is 1. The molecule has 0 aliphatic heterocycles. The first-order valence-corrected chi connectivity index (χ1v) is 5.29. The molecule has 2 atom stereocenters. The summed E-state index contributed by atoms with van der Waals surface area (Å²) in [4.78, 5) is 4.20. The third-order valence-corrected chi connectivity index (χ3v) is 3.14. The van der Waals surface area contributed by atoms with Crippen molar-refractivity contribution in [1.29, 1.82) is 0 Å². The predicted octanol–water partition coefficient (Wildman–Crippen LogP) is 2.47. The lowest BCUT2D eigenvalue weighted by Gasteiger charge is -2.18. The van der Waals surface area contributed by atoms with Gasteiger partial charge in [-0.2, -0.15) is 0 Å². The van der Waals surface area contributed by atoms with Gasteiger partial charge in [0.15, 0.2) is 0 Å². The number of hydrogen-bond donors (Lipinski definition) is 1. The van der Waals surface area contributed by atoms with Crippen LogP contribution in [0.1, 0.15) is 37.1 Å². The molecule has 1 fully saturated rings. The van der Waals surface area contributed by atoms with Gasteiger partial charge in [-0.15, -0.1) is 0 Å². The number of nitrogens with zero attached hydrogens (tertiary/aromatic N) is 1. The summed E-state index contributed by atoms with van der Waals surface area (Å²) in [7, 11) is 0. The Morgan fingerprint density at radius 2 is 2.14 bits per heavy atom. The molecule has 1 aliphatic carbocycles. The molecule has 1 heterocycles. The van der Waals surface area contributed by atoms with E-state index in [4.69, 9.17) is 0 Å². The maximum Gasteiger partial charge on any atom is 0.0833 e. The Morgan fingerprint density at radius 1 is 1.43 bits per heavy atom. The fourth-order valence-corrected chi connectivity index (χ4v) is 1.84. The molecular formula is C12H17NO. The molecule has 1 aliphatic rings. The van der Waals surface area contributed by atoms with Crippen molar-refractivity contribution in [1.82, 2.24) is 4.98 Å². The van der Waals surface area contributed by atoms with E-state index in [1.807, 2.05) is 19.1 Å². The highest BCUT2D eigenvalue weighted by molar-refractivity contribution is 5.16. The molecular weight excluding hydrogens is 174 g/mol.